The first-order chi connectivity index (χ1) is 12.5. The van der Waals surface area contributed by atoms with E-state index in [1.165, 1.54) is 0 Å². The summed E-state index contributed by atoms with van der Waals surface area (Å²) in [6.07, 6.45) is 2.27. The number of nitrogens with zero attached hydrogens (tertiary/aromatic N) is 3. The molecule has 1 aliphatic carbocycles. The van der Waals surface area contributed by atoms with Crippen molar-refractivity contribution < 1.29 is 14.4 Å². The fourth-order valence-electron chi connectivity index (χ4n) is 3.77. The number of carbonyl (C=O) groups excluding carboxylic acids is 3. The molecule has 1 aromatic rings. The maximum absolute atomic E-state index is 12.9. The van der Waals surface area contributed by atoms with Crippen molar-refractivity contribution in [3.8, 4) is 0 Å². The van der Waals surface area contributed by atoms with E-state index in [4.69, 9.17) is 0 Å². The minimum Gasteiger partial charge on any atom is -0.339 e. The van der Waals surface area contributed by atoms with Gasteiger partial charge in [0.1, 0.15) is 0 Å². The first-order valence-electron chi connectivity index (χ1n) is 9.17. The van der Waals surface area contributed by atoms with E-state index in [9.17, 15) is 14.4 Å². The number of anilines is 1. The zero-order valence-electron chi connectivity index (χ0n) is 14.6. The monoisotopic (exact) mass is 419 g/mol. The summed E-state index contributed by atoms with van der Waals surface area (Å²) in [5.74, 6) is 0.181. The lowest BCUT2D eigenvalue weighted by Crippen LogP contribution is -2.52. The number of benzene rings is 1. The van der Waals surface area contributed by atoms with Crippen LogP contribution in [-0.2, 0) is 14.4 Å². The van der Waals surface area contributed by atoms with Crippen molar-refractivity contribution in [2.45, 2.75) is 19.3 Å². The van der Waals surface area contributed by atoms with Gasteiger partial charge in [-0.3, -0.25) is 14.4 Å². The molecule has 6 nitrogen and oxygen atoms in total. The highest BCUT2D eigenvalue weighted by Gasteiger charge is 2.40. The molecule has 0 N–H and O–H groups in total. The fourth-order valence-corrected chi connectivity index (χ4v) is 4.27. The second kappa shape index (κ2) is 7.02. The first kappa shape index (κ1) is 17.5. The number of rotatable bonds is 3. The van der Waals surface area contributed by atoms with Gasteiger partial charge in [0.2, 0.25) is 17.7 Å². The highest BCUT2D eigenvalue weighted by atomic mass is 79.9. The van der Waals surface area contributed by atoms with Crippen LogP contribution < -0.4 is 4.90 Å². The fraction of sp³-hybridized carbons (Fsp3) is 0.526. The molecule has 0 bridgehead atoms. The molecular formula is C19H22BrN3O3. The smallest absolute Gasteiger partial charge is 0.228 e. The van der Waals surface area contributed by atoms with Gasteiger partial charge in [-0.25, -0.2) is 0 Å². The molecular weight excluding hydrogens is 398 g/mol. The summed E-state index contributed by atoms with van der Waals surface area (Å²) in [5.41, 5.74) is 0.813. The highest BCUT2D eigenvalue weighted by Crippen LogP contribution is 2.33. The van der Waals surface area contributed by atoms with E-state index in [0.29, 0.717) is 32.7 Å². The maximum Gasteiger partial charge on any atom is 0.228 e. The second-order valence-corrected chi connectivity index (χ2v) is 8.14. The van der Waals surface area contributed by atoms with Crippen molar-refractivity contribution in [2.75, 3.05) is 37.6 Å². The Hall–Kier alpha value is -1.89. The summed E-state index contributed by atoms with van der Waals surface area (Å²) in [5, 5.41) is 0. The average Bonchev–Trinajstić information content (AvgIpc) is 3.44. The third-order valence-corrected chi connectivity index (χ3v) is 6.12. The summed E-state index contributed by atoms with van der Waals surface area (Å²) < 4.78 is 0.855. The van der Waals surface area contributed by atoms with Gasteiger partial charge in [-0.15, -0.1) is 0 Å². The zero-order valence-corrected chi connectivity index (χ0v) is 16.2. The van der Waals surface area contributed by atoms with Crippen molar-refractivity contribution >= 4 is 39.3 Å². The highest BCUT2D eigenvalue weighted by molar-refractivity contribution is 9.10. The molecule has 1 saturated carbocycles. The summed E-state index contributed by atoms with van der Waals surface area (Å²) in [7, 11) is 0. The lowest BCUT2D eigenvalue weighted by atomic mass is 10.1. The maximum atomic E-state index is 12.9. The predicted molar refractivity (Wildman–Crippen MR) is 100 cm³/mol. The van der Waals surface area contributed by atoms with Gasteiger partial charge in [0.05, 0.1) is 11.6 Å². The molecule has 1 aromatic carbocycles. The van der Waals surface area contributed by atoms with Crippen molar-refractivity contribution in [3.05, 3.63) is 28.7 Å². The van der Waals surface area contributed by atoms with Crippen LogP contribution in [0.3, 0.4) is 0 Å². The molecule has 7 heteroatoms. The molecule has 0 radical (unpaired) electrons. The number of para-hydroxylation sites is 1. The summed E-state index contributed by atoms with van der Waals surface area (Å²) in [6.45, 7) is 2.76. The molecule has 138 valence electrons. The number of hydrogen-bond acceptors (Lipinski definition) is 3. The predicted octanol–water partition coefficient (Wildman–Crippen LogP) is 1.88. The Kier molecular flexibility index (Phi) is 4.73. The third kappa shape index (κ3) is 3.37. The van der Waals surface area contributed by atoms with Gasteiger partial charge < -0.3 is 14.7 Å². The molecule has 2 heterocycles. The van der Waals surface area contributed by atoms with Gasteiger partial charge in [-0.2, -0.15) is 0 Å². The number of piperazine rings is 1. The molecule has 0 aromatic heterocycles. The van der Waals surface area contributed by atoms with Gasteiger partial charge in [0.25, 0.3) is 0 Å². The molecule has 0 unspecified atom stereocenters. The van der Waals surface area contributed by atoms with E-state index in [-0.39, 0.29) is 36.0 Å². The van der Waals surface area contributed by atoms with Gasteiger partial charge >= 0.3 is 0 Å². The normalized spacial score (nSPS) is 23.5. The van der Waals surface area contributed by atoms with E-state index in [1.54, 1.807) is 4.90 Å². The van der Waals surface area contributed by atoms with Gasteiger partial charge in [0, 0.05) is 49.5 Å². The van der Waals surface area contributed by atoms with Gasteiger partial charge in [-0.1, -0.05) is 12.1 Å². The Bertz CT molecular complexity index is 741. The lowest BCUT2D eigenvalue weighted by molar-refractivity contribution is -0.142. The van der Waals surface area contributed by atoms with Crippen LogP contribution >= 0.6 is 15.9 Å². The second-order valence-electron chi connectivity index (χ2n) is 7.28. The van der Waals surface area contributed by atoms with Crippen LogP contribution in [0.15, 0.2) is 28.7 Å². The average molecular weight is 420 g/mol. The quantitative estimate of drug-likeness (QED) is 0.751. The van der Waals surface area contributed by atoms with Crippen LogP contribution in [0.25, 0.3) is 0 Å². The number of hydrogen-bond donors (Lipinski definition) is 0. The third-order valence-electron chi connectivity index (χ3n) is 5.45. The molecule has 4 rings (SSSR count). The lowest BCUT2D eigenvalue weighted by Gasteiger charge is -2.36. The van der Waals surface area contributed by atoms with Crippen LogP contribution in [0.4, 0.5) is 5.69 Å². The van der Waals surface area contributed by atoms with E-state index in [1.807, 2.05) is 34.1 Å². The molecule has 26 heavy (non-hydrogen) atoms. The van der Waals surface area contributed by atoms with E-state index in [2.05, 4.69) is 15.9 Å². The van der Waals surface area contributed by atoms with Crippen molar-refractivity contribution in [1.82, 2.24) is 9.80 Å². The zero-order chi connectivity index (χ0) is 18.3. The van der Waals surface area contributed by atoms with Crippen molar-refractivity contribution in [2.24, 2.45) is 11.8 Å². The summed E-state index contributed by atoms with van der Waals surface area (Å²) in [4.78, 5) is 42.8. The largest absolute Gasteiger partial charge is 0.339 e. The van der Waals surface area contributed by atoms with Crippen LogP contribution in [0, 0.1) is 11.8 Å². The molecule has 1 atom stereocenters. The Balaban J connectivity index is 1.36. The summed E-state index contributed by atoms with van der Waals surface area (Å²) >= 11 is 3.48. The van der Waals surface area contributed by atoms with Crippen molar-refractivity contribution in [3.63, 3.8) is 0 Å². The molecule has 0 spiro atoms. The Morgan fingerprint density at radius 3 is 2.08 bits per heavy atom. The Labute approximate surface area is 161 Å². The Morgan fingerprint density at radius 1 is 0.923 bits per heavy atom. The molecule has 3 amide bonds. The Morgan fingerprint density at radius 2 is 1.50 bits per heavy atom. The number of carbonyl (C=O) groups is 3. The van der Waals surface area contributed by atoms with Gasteiger partial charge in [0.15, 0.2) is 0 Å². The van der Waals surface area contributed by atoms with Crippen LogP contribution in [0.5, 0.6) is 0 Å². The first-order valence-corrected chi connectivity index (χ1v) is 9.96. The SMILES string of the molecule is O=C(C1CC1)N1CCN(C(=O)[C@@H]2CC(=O)N(c3ccccc3Br)C2)CC1. The molecule has 3 fully saturated rings. The topological polar surface area (TPSA) is 60.9 Å². The minimum absolute atomic E-state index is 0.0159. The van der Waals surface area contributed by atoms with E-state index in [0.717, 1.165) is 23.0 Å². The standard InChI is InChI=1S/C19H22BrN3O3/c20-15-3-1-2-4-16(15)23-12-14(11-17(23)24)19(26)22-9-7-21(8-10-22)18(25)13-5-6-13/h1-4,13-14H,5-12H2/t14-/m1/s1. The van der Waals surface area contributed by atoms with E-state index >= 15 is 0 Å². The van der Waals surface area contributed by atoms with Crippen LogP contribution in [0.2, 0.25) is 0 Å². The van der Waals surface area contributed by atoms with E-state index < -0.39 is 0 Å². The van der Waals surface area contributed by atoms with Crippen LogP contribution in [0.1, 0.15) is 19.3 Å². The molecule has 3 aliphatic rings. The minimum atomic E-state index is -0.305. The summed E-state index contributed by atoms with van der Waals surface area (Å²) in [6, 6.07) is 7.57. The van der Waals surface area contributed by atoms with Crippen LogP contribution in [-0.4, -0.2) is 60.2 Å². The van der Waals surface area contributed by atoms with Gasteiger partial charge in [-0.05, 0) is 40.9 Å². The van der Waals surface area contributed by atoms with Crippen molar-refractivity contribution in [1.29, 1.82) is 0 Å². The molecule has 2 aliphatic heterocycles. The molecule has 2 saturated heterocycles. The number of amides is 3. The number of halogens is 1.